The molecule has 2 nitrogen and oxygen atoms in total. The number of hydrogen-bond acceptors (Lipinski definition) is 2. The van der Waals surface area contributed by atoms with Gasteiger partial charge in [0.05, 0.1) is 0 Å². The highest BCUT2D eigenvalue weighted by Crippen LogP contribution is 2.53. The van der Waals surface area contributed by atoms with Crippen LogP contribution in [0.4, 0.5) is 0 Å². The largest absolute Gasteiger partial charge is 0.329 e. The molecule has 2 heteroatoms. The molecular formula is C14H22N2. The summed E-state index contributed by atoms with van der Waals surface area (Å²) in [6.45, 7) is 6.20. The Hall–Kier alpha value is -0.860. The summed E-state index contributed by atoms with van der Waals surface area (Å²) in [5.41, 5.74) is 7.73. The monoisotopic (exact) mass is 218 g/mol. The Morgan fingerprint density at radius 2 is 1.94 bits per heavy atom. The van der Waals surface area contributed by atoms with Crippen molar-refractivity contribution in [3.63, 3.8) is 0 Å². The molecule has 16 heavy (non-hydrogen) atoms. The number of nitrogens with one attached hydrogen (secondary N) is 1. The van der Waals surface area contributed by atoms with E-state index in [0.717, 1.165) is 6.54 Å². The van der Waals surface area contributed by atoms with Crippen molar-refractivity contribution in [3.05, 3.63) is 35.9 Å². The van der Waals surface area contributed by atoms with Gasteiger partial charge in [0, 0.05) is 18.6 Å². The van der Waals surface area contributed by atoms with Crippen molar-refractivity contribution >= 4 is 0 Å². The van der Waals surface area contributed by atoms with Gasteiger partial charge in [-0.05, 0) is 30.7 Å². The van der Waals surface area contributed by atoms with E-state index in [2.05, 4.69) is 43.4 Å². The van der Waals surface area contributed by atoms with E-state index in [1.54, 1.807) is 0 Å². The Bertz CT molecular complexity index is 343. The lowest BCUT2D eigenvalue weighted by Gasteiger charge is -2.36. The van der Waals surface area contributed by atoms with Gasteiger partial charge in [0.15, 0.2) is 0 Å². The third-order valence-electron chi connectivity index (χ3n) is 4.27. The van der Waals surface area contributed by atoms with Crippen LogP contribution in [-0.2, 0) is 6.54 Å². The van der Waals surface area contributed by atoms with Gasteiger partial charge in [-0.2, -0.15) is 0 Å². The molecule has 1 aliphatic carbocycles. The Labute approximate surface area is 98.2 Å². The summed E-state index contributed by atoms with van der Waals surface area (Å²) >= 11 is 0. The minimum atomic E-state index is 0.0723. The van der Waals surface area contributed by atoms with Gasteiger partial charge in [0.25, 0.3) is 0 Å². The number of benzene rings is 1. The Balaban J connectivity index is 1.98. The third kappa shape index (κ3) is 2.13. The van der Waals surface area contributed by atoms with Gasteiger partial charge in [0.1, 0.15) is 0 Å². The second kappa shape index (κ2) is 4.19. The molecule has 0 aliphatic heterocycles. The molecule has 0 aromatic heterocycles. The second-order valence-electron chi connectivity index (χ2n) is 5.44. The fourth-order valence-electron chi connectivity index (χ4n) is 2.16. The minimum Gasteiger partial charge on any atom is -0.329 e. The third-order valence-corrected chi connectivity index (χ3v) is 4.27. The molecule has 0 saturated heterocycles. The molecule has 3 N–H and O–H groups in total. The van der Waals surface area contributed by atoms with Crippen LogP contribution in [-0.4, -0.2) is 12.1 Å². The molecular weight excluding hydrogens is 196 g/mol. The molecule has 1 fully saturated rings. The first-order chi connectivity index (χ1) is 7.60. The van der Waals surface area contributed by atoms with Crippen LogP contribution in [0, 0.1) is 5.41 Å². The highest BCUT2D eigenvalue weighted by Gasteiger charge is 2.51. The molecule has 1 aliphatic rings. The first-order valence-corrected chi connectivity index (χ1v) is 6.09. The molecule has 0 radical (unpaired) electrons. The Morgan fingerprint density at radius 1 is 1.31 bits per heavy atom. The summed E-state index contributed by atoms with van der Waals surface area (Å²) in [4.78, 5) is 0. The maximum Gasteiger partial charge on any atom is 0.0332 e. The lowest BCUT2D eigenvalue weighted by atomic mass is 9.83. The molecule has 1 unspecified atom stereocenters. The number of rotatable bonds is 5. The standard InChI is InChI=1S/C14H22N2/c1-13(8-9-13)14(2,11-15)16-10-12-6-4-3-5-7-12/h3-7,16H,8-11,15H2,1-2H3. The van der Waals surface area contributed by atoms with Gasteiger partial charge in [-0.15, -0.1) is 0 Å². The van der Waals surface area contributed by atoms with E-state index < -0.39 is 0 Å². The Morgan fingerprint density at radius 3 is 2.44 bits per heavy atom. The summed E-state index contributed by atoms with van der Waals surface area (Å²) in [5, 5.41) is 3.64. The zero-order valence-electron chi connectivity index (χ0n) is 10.3. The van der Waals surface area contributed by atoms with Gasteiger partial charge in [-0.1, -0.05) is 37.3 Å². The van der Waals surface area contributed by atoms with Crippen molar-refractivity contribution < 1.29 is 0 Å². The van der Waals surface area contributed by atoms with E-state index in [9.17, 15) is 0 Å². The molecule has 1 saturated carbocycles. The number of nitrogens with two attached hydrogens (primary N) is 1. The fraction of sp³-hybridized carbons (Fsp3) is 0.571. The maximum absolute atomic E-state index is 5.93. The first-order valence-electron chi connectivity index (χ1n) is 6.09. The predicted molar refractivity (Wildman–Crippen MR) is 68.1 cm³/mol. The van der Waals surface area contributed by atoms with Crippen LogP contribution in [0.25, 0.3) is 0 Å². The van der Waals surface area contributed by atoms with Crippen LogP contribution >= 0.6 is 0 Å². The molecule has 1 atom stereocenters. The van der Waals surface area contributed by atoms with Crippen LogP contribution in [0.2, 0.25) is 0 Å². The number of hydrogen-bond donors (Lipinski definition) is 2. The van der Waals surface area contributed by atoms with Gasteiger partial charge >= 0.3 is 0 Å². The van der Waals surface area contributed by atoms with Crippen LogP contribution in [0.1, 0.15) is 32.3 Å². The summed E-state index contributed by atoms with van der Waals surface area (Å²) in [6, 6.07) is 10.5. The van der Waals surface area contributed by atoms with E-state index in [4.69, 9.17) is 5.73 Å². The Kier molecular flexibility index (Phi) is 3.04. The average Bonchev–Trinajstić information content (AvgIpc) is 3.07. The van der Waals surface area contributed by atoms with Crippen LogP contribution in [0.5, 0.6) is 0 Å². The molecule has 2 rings (SSSR count). The lowest BCUT2D eigenvalue weighted by molar-refractivity contribution is 0.230. The minimum absolute atomic E-state index is 0.0723. The van der Waals surface area contributed by atoms with Crippen LogP contribution in [0.15, 0.2) is 30.3 Å². The van der Waals surface area contributed by atoms with Crippen LogP contribution in [0.3, 0.4) is 0 Å². The second-order valence-corrected chi connectivity index (χ2v) is 5.44. The summed E-state index contributed by atoms with van der Waals surface area (Å²) < 4.78 is 0. The van der Waals surface area contributed by atoms with Crippen molar-refractivity contribution in [2.75, 3.05) is 6.54 Å². The molecule has 0 bridgehead atoms. The SMILES string of the molecule is CC1(C(C)(CN)NCc2ccccc2)CC1. The van der Waals surface area contributed by atoms with E-state index in [1.807, 2.05) is 6.07 Å². The lowest BCUT2D eigenvalue weighted by Crippen LogP contribution is -2.54. The van der Waals surface area contributed by atoms with E-state index in [-0.39, 0.29) is 5.54 Å². The fourth-order valence-corrected chi connectivity index (χ4v) is 2.16. The molecule has 0 heterocycles. The van der Waals surface area contributed by atoms with Crippen molar-refractivity contribution in [2.45, 2.75) is 38.8 Å². The maximum atomic E-state index is 5.93. The summed E-state index contributed by atoms with van der Waals surface area (Å²) in [5.74, 6) is 0. The van der Waals surface area contributed by atoms with Crippen molar-refractivity contribution in [1.82, 2.24) is 5.32 Å². The quantitative estimate of drug-likeness (QED) is 0.796. The van der Waals surface area contributed by atoms with Crippen LogP contribution < -0.4 is 11.1 Å². The van der Waals surface area contributed by atoms with E-state index in [1.165, 1.54) is 18.4 Å². The van der Waals surface area contributed by atoms with E-state index in [0.29, 0.717) is 12.0 Å². The van der Waals surface area contributed by atoms with Gasteiger partial charge in [-0.25, -0.2) is 0 Å². The highest BCUT2D eigenvalue weighted by molar-refractivity contribution is 5.16. The molecule has 0 amide bonds. The molecule has 1 aromatic rings. The van der Waals surface area contributed by atoms with E-state index >= 15 is 0 Å². The summed E-state index contributed by atoms with van der Waals surface area (Å²) in [7, 11) is 0. The van der Waals surface area contributed by atoms with Gasteiger partial charge in [0.2, 0.25) is 0 Å². The summed E-state index contributed by atoms with van der Waals surface area (Å²) in [6.07, 6.45) is 2.59. The highest BCUT2D eigenvalue weighted by atomic mass is 15.0. The first kappa shape index (κ1) is 11.6. The normalized spacial score (nSPS) is 21.4. The average molecular weight is 218 g/mol. The van der Waals surface area contributed by atoms with Crippen molar-refractivity contribution in [3.8, 4) is 0 Å². The topological polar surface area (TPSA) is 38.0 Å². The zero-order chi connectivity index (χ0) is 11.6. The smallest absolute Gasteiger partial charge is 0.0332 e. The predicted octanol–water partition coefficient (Wildman–Crippen LogP) is 2.29. The zero-order valence-corrected chi connectivity index (χ0v) is 10.3. The van der Waals surface area contributed by atoms with Gasteiger partial charge < -0.3 is 11.1 Å². The molecule has 1 aromatic carbocycles. The van der Waals surface area contributed by atoms with Crippen molar-refractivity contribution in [2.24, 2.45) is 11.1 Å². The molecule has 0 spiro atoms. The molecule has 88 valence electrons. The van der Waals surface area contributed by atoms with Gasteiger partial charge in [-0.3, -0.25) is 0 Å². The van der Waals surface area contributed by atoms with Crippen molar-refractivity contribution in [1.29, 1.82) is 0 Å².